The average Bonchev–Trinajstić information content (AvgIpc) is 3.25. The third-order valence-corrected chi connectivity index (χ3v) is 5.27. The van der Waals surface area contributed by atoms with E-state index in [1.165, 1.54) is 0 Å². The third-order valence-electron chi connectivity index (χ3n) is 4.99. The van der Waals surface area contributed by atoms with Crippen LogP contribution in [0.25, 0.3) is 11.0 Å². The number of nitriles is 1. The first kappa shape index (κ1) is 17.4. The highest BCUT2D eigenvalue weighted by atomic mass is 35.5. The van der Waals surface area contributed by atoms with E-state index in [1.54, 1.807) is 17.9 Å². The first-order chi connectivity index (χ1) is 12.9. The zero-order valence-electron chi connectivity index (χ0n) is 15.4. The maximum atomic E-state index is 9.80. The molecular formula is C17H20ClN9. The number of aromatic nitrogens is 5. The number of aryl methyl sites for hydroxylation is 2. The summed E-state index contributed by atoms with van der Waals surface area (Å²) in [5.41, 5.74) is 7.93. The number of fused-ring (bicyclic) bond motifs is 1. The smallest absolute Gasteiger partial charge is 0.231 e. The fraction of sp³-hybridized carbons (Fsp3) is 0.412. The van der Waals surface area contributed by atoms with Gasteiger partial charge in [-0.15, -0.1) is 0 Å². The number of anilines is 4. The van der Waals surface area contributed by atoms with Gasteiger partial charge >= 0.3 is 0 Å². The predicted octanol–water partition coefficient (Wildman–Crippen LogP) is 2.54. The first-order valence-electron chi connectivity index (χ1n) is 8.69. The molecule has 0 bridgehead atoms. The number of nitrogens with one attached hydrogen (secondary N) is 1. The van der Waals surface area contributed by atoms with E-state index in [-0.39, 0.29) is 5.82 Å². The van der Waals surface area contributed by atoms with Crippen LogP contribution in [0.2, 0.25) is 5.15 Å². The monoisotopic (exact) mass is 385 g/mol. The molecule has 1 atom stereocenters. The van der Waals surface area contributed by atoms with E-state index in [0.29, 0.717) is 39.4 Å². The van der Waals surface area contributed by atoms with Crippen LogP contribution in [0.15, 0.2) is 6.20 Å². The molecule has 0 aromatic carbocycles. The standard InChI is InChI=1S/C17H20ClN9/c1-9-5-4-6-27(9)16-10(7-19)12-14(20)22-17(23-15(12)26(16)3)21-11-8-25(2)24-13(11)18/h8-9H,4-6H2,1-3H3,(H3,20,21,22,23)/t9-/m1/s1. The van der Waals surface area contributed by atoms with E-state index >= 15 is 0 Å². The highest BCUT2D eigenvalue weighted by Gasteiger charge is 2.29. The Kier molecular flexibility index (Phi) is 4.08. The van der Waals surface area contributed by atoms with Crippen molar-refractivity contribution in [1.29, 1.82) is 5.26 Å². The summed E-state index contributed by atoms with van der Waals surface area (Å²) in [4.78, 5) is 11.2. The highest BCUT2D eigenvalue weighted by molar-refractivity contribution is 6.32. The molecule has 1 aliphatic rings. The molecule has 9 nitrogen and oxygen atoms in total. The van der Waals surface area contributed by atoms with Crippen LogP contribution in [0.1, 0.15) is 25.3 Å². The summed E-state index contributed by atoms with van der Waals surface area (Å²) in [5.74, 6) is 1.41. The average molecular weight is 386 g/mol. The van der Waals surface area contributed by atoms with Gasteiger partial charge in [-0.2, -0.15) is 20.3 Å². The second kappa shape index (κ2) is 6.32. The van der Waals surface area contributed by atoms with Crippen molar-refractivity contribution >= 4 is 45.9 Å². The number of nitrogens with zero attached hydrogens (tertiary/aromatic N) is 7. The molecule has 1 fully saturated rings. The van der Waals surface area contributed by atoms with E-state index in [0.717, 1.165) is 25.2 Å². The fourth-order valence-corrected chi connectivity index (χ4v) is 3.96. The normalized spacial score (nSPS) is 16.9. The maximum Gasteiger partial charge on any atom is 0.231 e. The van der Waals surface area contributed by atoms with Crippen molar-refractivity contribution in [2.45, 2.75) is 25.8 Å². The summed E-state index contributed by atoms with van der Waals surface area (Å²) in [6.45, 7) is 3.07. The molecule has 0 unspecified atom stereocenters. The van der Waals surface area contributed by atoms with Crippen LogP contribution in [0.4, 0.5) is 23.3 Å². The summed E-state index contributed by atoms with van der Waals surface area (Å²) in [5, 5.41) is 17.8. The van der Waals surface area contributed by atoms with E-state index < -0.39 is 0 Å². The molecule has 10 heteroatoms. The number of nitrogens with two attached hydrogens (primary N) is 1. The largest absolute Gasteiger partial charge is 0.383 e. The molecule has 0 saturated carbocycles. The van der Waals surface area contributed by atoms with Crippen molar-refractivity contribution in [3.05, 3.63) is 16.9 Å². The molecular weight excluding hydrogens is 366 g/mol. The molecule has 1 aliphatic heterocycles. The zero-order chi connectivity index (χ0) is 19.3. The number of halogens is 1. The van der Waals surface area contributed by atoms with Crippen molar-refractivity contribution < 1.29 is 0 Å². The van der Waals surface area contributed by atoms with Crippen LogP contribution >= 0.6 is 11.6 Å². The van der Waals surface area contributed by atoms with Crippen molar-refractivity contribution in [2.24, 2.45) is 14.1 Å². The molecule has 0 amide bonds. The van der Waals surface area contributed by atoms with Gasteiger partial charge in [0.15, 0.2) is 5.15 Å². The van der Waals surface area contributed by atoms with Crippen molar-refractivity contribution in [3.8, 4) is 6.07 Å². The van der Waals surface area contributed by atoms with Gasteiger partial charge in [-0.3, -0.25) is 4.68 Å². The van der Waals surface area contributed by atoms with Gasteiger partial charge in [-0.1, -0.05) is 11.6 Å². The lowest BCUT2D eigenvalue weighted by Gasteiger charge is -2.24. The van der Waals surface area contributed by atoms with Crippen LogP contribution in [0, 0.1) is 11.3 Å². The van der Waals surface area contributed by atoms with E-state index in [2.05, 4.69) is 38.3 Å². The minimum absolute atomic E-state index is 0.257. The Labute approximate surface area is 161 Å². The molecule has 3 aromatic heterocycles. The lowest BCUT2D eigenvalue weighted by atomic mass is 10.2. The summed E-state index contributed by atoms with van der Waals surface area (Å²) < 4.78 is 3.51. The first-order valence-corrected chi connectivity index (χ1v) is 9.07. The predicted molar refractivity (Wildman–Crippen MR) is 105 cm³/mol. The summed E-state index contributed by atoms with van der Waals surface area (Å²) >= 11 is 6.10. The van der Waals surface area contributed by atoms with Crippen LogP contribution in [-0.2, 0) is 14.1 Å². The molecule has 0 radical (unpaired) electrons. The Hall–Kier alpha value is -2.99. The second-order valence-electron chi connectivity index (χ2n) is 6.82. The molecule has 27 heavy (non-hydrogen) atoms. The molecule has 3 N–H and O–H groups in total. The van der Waals surface area contributed by atoms with Gasteiger partial charge in [0.2, 0.25) is 5.95 Å². The number of nitrogen functional groups attached to an aromatic ring is 1. The number of hydrogen-bond donors (Lipinski definition) is 2. The van der Waals surface area contributed by atoms with Gasteiger partial charge < -0.3 is 20.5 Å². The van der Waals surface area contributed by atoms with Crippen LogP contribution in [0.5, 0.6) is 0 Å². The topological polar surface area (TPSA) is 114 Å². The zero-order valence-corrected chi connectivity index (χ0v) is 16.1. The minimum atomic E-state index is 0.257. The molecule has 140 valence electrons. The van der Waals surface area contributed by atoms with Crippen molar-refractivity contribution in [3.63, 3.8) is 0 Å². The molecule has 0 aliphatic carbocycles. The molecule has 3 aromatic rings. The van der Waals surface area contributed by atoms with Crippen LogP contribution in [0.3, 0.4) is 0 Å². The SMILES string of the molecule is C[C@@H]1CCCN1c1c(C#N)c2c(N)nc(Nc3cn(C)nc3Cl)nc2n1C. The Morgan fingerprint density at radius 2 is 2.15 bits per heavy atom. The number of rotatable bonds is 3. The lowest BCUT2D eigenvalue weighted by molar-refractivity contribution is 0.712. The van der Waals surface area contributed by atoms with Crippen molar-refractivity contribution in [1.82, 2.24) is 24.3 Å². The van der Waals surface area contributed by atoms with Gasteiger partial charge in [0.05, 0.1) is 11.1 Å². The van der Waals surface area contributed by atoms with E-state index in [4.69, 9.17) is 17.3 Å². The van der Waals surface area contributed by atoms with Gasteiger partial charge in [0, 0.05) is 32.9 Å². The Bertz CT molecular complexity index is 1070. The van der Waals surface area contributed by atoms with Gasteiger partial charge in [0.1, 0.15) is 28.9 Å². The van der Waals surface area contributed by atoms with Gasteiger partial charge in [0.25, 0.3) is 0 Å². The Morgan fingerprint density at radius 3 is 2.74 bits per heavy atom. The van der Waals surface area contributed by atoms with Crippen LogP contribution in [-0.4, -0.2) is 36.9 Å². The molecule has 1 saturated heterocycles. The molecule has 4 rings (SSSR count). The van der Waals surface area contributed by atoms with E-state index in [9.17, 15) is 5.26 Å². The van der Waals surface area contributed by atoms with Crippen molar-refractivity contribution in [2.75, 3.05) is 22.5 Å². The maximum absolute atomic E-state index is 9.80. The molecule has 4 heterocycles. The second-order valence-corrected chi connectivity index (χ2v) is 7.18. The summed E-state index contributed by atoms with van der Waals surface area (Å²) in [6.07, 6.45) is 3.93. The molecule has 0 spiro atoms. The quantitative estimate of drug-likeness (QED) is 0.712. The lowest BCUT2D eigenvalue weighted by Crippen LogP contribution is -2.28. The Balaban J connectivity index is 1.86. The fourth-order valence-electron chi connectivity index (χ4n) is 3.74. The van der Waals surface area contributed by atoms with Gasteiger partial charge in [-0.05, 0) is 19.8 Å². The highest BCUT2D eigenvalue weighted by Crippen LogP contribution is 2.37. The van der Waals surface area contributed by atoms with E-state index in [1.807, 2.05) is 11.6 Å². The van der Waals surface area contributed by atoms with Gasteiger partial charge in [-0.25, -0.2) is 0 Å². The Morgan fingerprint density at radius 1 is 1.37 bits per heavy atom. The minimum Gasteiger partial charge on any atom is -0.383 e. The third kappa shape index (κ3) is 2.73. The summed E-state index contributed by atoms with van der Waals surface area (Å²) in [7, 11) is 3.67. The van der Waals surface area contributed by atoms with Crippen LogP contribution < -0.4 is 16.0 Å². The summed E-state index contributed by atoms with van der Waals surface area (Å²) in [6, 6.07) is 2.66. The number of hydrogen-bond acceptors (Lipinski definition) is 7.